The second kappa shape index (κ2) is 6.66. The van der Waals surface area contributed by atoms with Gasteiger partial charge in [0.05, 0.1) is 11.3 Å². The molecule has 1 aliphatic rings. The van der Waals surface area contributed by atoms with Crippen LogP contribution in [0, 0.1) is 18.3 Å². The fourth-order valence-corrected chi connectivity index (χ4v) is 5.45. The molecule has 0 spiro atoms. The normalized spacial score (nSPS) is 17.0. The van der Waals surface area contributed by atoms with Gasteiger partial charge in [0, 0.05) is 16.6 Å². The number of sulfonamides is 1. The third-order valence-electron chi connectivity index (χ3n) is 4.34. The van der Waals surface area contributed by atoms with Crippen LogP contribution in [0.15, 0.2) is 16.6 Å². The molecule has 1 aliphatic carbocycles. The van der Waals surface area contributed by atoms with E-state index in [1.165, 1.54) is 0 Å². The second-order valence-corrected chi connectivity index (χ2v) is 10.4. The van der Waals surface area contributed by atoms with E-state index in [0.29, 0.717) is 24.1 Å². The molecule has 1 saturated carbocycles. The summed E-state index contributed by atoms with van der Waals surface area (Å²) in [4.78, 5) is 0. The average molecular weight is 414 g/mol. The summed E-state index contributed by atoms with van der Waals surface area (Å²) in [6.07, 6.45) is 2.14. The lowest BCUT2D eigenvalue weighted by Gasteiger charge is -2.43. The molecule has 0 aliphatic heterocycles. The van der Waals surface area contributed by atoms with Crippen LogP contribution in [0.3, 0.4) is 0 Å². The lowest BCUT2D eigenvalue weighted by molar-refractivity contribution is 0.339. The first-order valence-electron chi connectivity index (χ1n) is 7.98. The Morgan fingerprint density at radius 3 is 2.42 bits per heavy atom. The van der Waals surface area contributed by atoms with Crippen molar-refractivity contribution in [1.82, 2.24) is 4.72 Å². The van der Waals surface area contributed by atoms with Crippen molar-refractivity contribution in [2.45, 2.75) is 57.2 Å². The molecule has 0 unspecified atom stereocenters. The highest BCUT2D eigenvalue weighted by Gasteiger charge is 2.49. The monoisotopic (exact) mass is 413 g/mol. The smallest absolute Gasteiger partial charge is 0.219 e. The number of hydrogen-bond acceptors (Lipinski definition) is 4. The van der Waals surface area contributed by atoms with Crippen LogP contribution >= 0.6 is 15.9 Å². The summed E-state index contributed by atoms with van der Waals surface area (Å²) in [5.41, 5.74) is 1.56. The third kappa shape index (κ3) is 3.76. The summed E-state index contributed by atoms with van der Waals surface area (Å²) in [6.45, 7) is 7.68. The number of anilines is 1. The summed E-state index contributed by atoms with van der Waals surface area (Å²) in [5.74, 6) is 0. The van der Waals surface area contributed by atoms with E-state index in [0.717, 1.165) is 16.5 Å². The Kier molecular flexibility index (Phi) is 5.34. The minimum Gasteiger partial charge on any atom is -0.381 e. The molecule has 2 rings (SSSR count). The van der Waals surface area contributed by atoms with Crippen molar-refractivity contribution in [3.63, 3.8) is 0 Å². The van der Waals surface area contributed by atoms with Crippen LogP contribution < -0.4 is 10.0 Å². The van der Waals surface area contributed by atoms with Crippen molar-refractivity contribution in [1.29, 1.82) is 5.26 Å². The average Bonchev–Trinajstić information content (AvgIpc) is 2.38. The maximum absolute atomic E-state index is 12.9. The molecule has 0 aromatic heterocycles. The summed E-state index contributed by atoms with van der Waals surface area (Å²) in [5, 5.41) is 12.6. The number of nitrogens with one attached hydrogen (secondary N) is 2. The van der Waals surface area contributed by atoms with Gasteiger partial charge in [0.15, 0.2) is 0 Å². The first kappa shape index (κ1) is 19.2. The molecular formula is C17H24BrN3O2S. The highest BCUT2D eigenvalue weighted by Crippen LogP contribution is 2.40. The van der Waals surface area contributed by atoms with Crippen molar-refractivity contribution in [3.8, 4) is 6.07 Å². The fourth-order valence-electron chi connectivity index (χ4n) is 2.87. The van der Waals surface area contributed by atoms with Crippen LogP contribution in [-0.4, -0.2) is 25.2 Å². The van der Waals surface area contributed by atoms with E-state index >= 15 is 0 Å². The number of halogens is 1. The molecule has 2 N–H and O–H groups in total. The largest absolute Gasteiger partial charge is 0.381 e. The van der Waals surface area contributed by atoms with E-state index in [1.807, 2.05) is 39.8 Å². The predicted molar refractivity (Wildman–Crippen MR) is 100 cm³/mol. The van der Waals surface area contributed by atoms with Gasteiger partial charge in [-0.05, 0) is 68.1 Å². The summed E-state index contributed by atoms with van der Waals surface area (Å²) >= 11 is 3.45. The topological polar surface area (TPSA) is 82.0 Å². The van der Waals surface area contributed by atoms with Crippen LogP contribution in [0.5, 0.6) is 0 Å². The SMILES string of the molecule is Cc1ccc(Br)c(NCC2(S(=O)(=O)NC(C)(C)C)CCC2)c1C#N. The van der Waals surface area contributed by atoms with Gasteiger partial charge in [0.25, 0.3) is 0 Å². The van der Waals surface area contributed by atoms with Gasteiger partial charge in [-0.1, -0.05) is 12.5 Å². The van der Waals surface area contributed by atoms with Crippen molar-refractivity contribution in [2.75, 3.05) is 11.9 Å². The van der Waals surface area contributed by atoms with Crippen LogP contribution in [0.1, 0.15) is 51.2 Å². The Morgan fingerprint density at radius 2 is 1.96 bits per heavy atom. The van der Waals surface area contributed by atoms with E-state index in [4.69, 9.17) is 0 Å². The Hall–Kier alpha value is -1.10. The van der Waals surface area contributed by atoms with Gasteiger partial charge in [0.2, 0.25) is 10.0 Å². The van der Waals surface area contributed by atoms with E-state index < -0.39 is 20.3 Å². The Balaban J connectivity index is 2.28. The number of aryl methyl sites for hydroxylation is 1. The maximum Gasteiger partial charge on any atom is 0.219 e. The standard InChI is InChI=1S/C17H24BrN3O2S/c1-12-6-7-14(18)15(13(12)10-19)20-11-17(8-5-9-17)24(22,23)21-16(2,3)4/h6-7,20-21H,5,8-9,11H2,1-4H3. The van der Waals surface area contributed by atoms with Crippen LogP contribution in [-0.2, 0) is 10.0 Å². The van der Waals surface area contributed by atoms with Crippen molar-refractivity contribution >= 4 is 31.6 Å². The lowest BCUT2D eigenvalue weighted by atomic mass is 9.84. The number of nitrogens with zero attached hydrogens (tertiary/aromatic N) is 1. The Bertz CT molecular complexity index is 772. The highest BCUT2D eigenvalue weighted by molar-refractivity contribution is 9.10. The van der Waals surface area contributed by atoms with Crippen LogP contribution in [0.4, 0.5) is 5.69 Å². The molecule has 1 aromatic rings. The molecule has 0 atom stereocenters. The summed E-state index contributed by atoms with van der Waals surface area (Å²) in [6, 6.07) is 5.93. The van der Waals surface area contributed by atoms with Gasteiger partial charge < -0.3 is 5.32 Å². The molecule has 0 bridgehead atoms. The first-order valence-corrected chi connectivity index (χ1v) is 10.3. The zero-order valence-electron chi connectivity index (χ0n) is 14.5. The van der Waals surface area contributed by atoms with Crippen molar-refractivity contribution in [3.05, 3.63) is 27.7 Å². The van der Waals surface area contributed by atoms with E-state index in [9.17, 15) is 13.7 Å². The van der Waals surface area contributed by atoms with Gasteiger partial charge >= 0.3 is 0 Å². The minimum absolute atomic E-state index is 0.287. The van der Waals surface area contributed by atoms with E-state index in [-0.39, 0.29) is 6.54 Å². The van der Waals surface area contributed by atoms with E-state index in [2.05, 4.69) is 32.0 Å². The quantitative estimate of drug-likeness (QED) is 0.770. The van der Waals surface area contributed by atoms with Gasteiger partial charge in [-0.2, -0.15) is 5.26 Å². The lowest BCUT2D eigenvalue weighted by Crippen LogP contribution is -2.58. The molecule has 132 valence electrons. The summed E-state index contributed by atoms with van der Waals surface area (Å²) < 4.78 is 28.4. The Labute approximate surface area is 153 Å². The molecule has 1 aromatic carbocycles. The third-order valence-corrected chi connectivity index (χ3v) is 7.57. The van der Waals surface area contributed by atoms with Gasteiger partial charge in [-0.3, -0.25) is 0 Å². The van der Waals surface area contributed by atoms with Crippen LogP contribution in [0.2, 0.25) is 0 Å². The zero-order valence-corrected chi connectivity index (χ0v) is 16.9. The minimum atomic E-state index is -3.47. The molecule has 0 heterocycles. The van der Waals surface area contributed by atoms with Crippen molar-refractivity contribution < 1.29 is 8.42 Å². The first-order chi connectivity index (χ1) is 11.0. The molecule has 0 amide bonds. The van der Waals surface area contributed by atoms with Crippen LogP contribution in [0.25, 0.3) is 0 Å². The highest BCUT2D eigenvalue weighted by atomic mass is 79.9. The number of rotatable bonds is 5. The van der Waals surface area contributed by atoms with Gasteiger partial charge in [-0.15, -0.1) is 0 Å². The predicted octanol–water partition coefficient (Wildman–Crippen LogP) is 3.68. The molecular weight excluding hydrogens is 390 g/mol. The molecule has 0 radical (unpaired) electrons. The fraction of sp³-hybridized carbons (Fsp3) is 0.588. The molecule has 24 heavy (non-hydrogen) atoms. The molecule has 7 heteroatoms. The van der Waals surface area contributed by atoms with Crippen molar-refractivity contribution in [2.24, 2.45) is 0 Å². The zero-order chi connectivity index (χ0) is 18.2. The Morgan fingerprint density at radius 1 is 1.33 bits per heavy atom. The molecule has 5 nitrogen and oxygen atoms in total. The number of benzene rings is 1. The van der Waals surface area contributed by atoms with Gasteiger partial charge in [-0.25, -0.2) is 13.1 Å². The second-order valence-electron chi connectivity index (χ2n) is 7.47. The van der Waals surface area contributed by atoms with E-state index in [1.54, 1.807) is 0 Å². The number of nitriles is 1. The maximum atomic E-state index is 12.9. The molecule has 1 fully saturated rings. The molecule has 0 saturated heterocycles. The number of hydrogen-bond donors (Lipinski definition) is 2. The van der Waals surface area contributed by atoms with Gasteiger partial charge in [0.1, 0.15) is 10.8 Å². The summed E-state index contributed by atoms with van der Waals surface area (Å²) in [7, 11) is -3.47.